The van der Waals surface area contributed by atoms with Crippen LogP contribution in [-0.4, -0.2) is 42.4 Å². The Balaban J connectivity index is 2.07. The van der Waals surface area contributed by atoms with Crippen LogP contribution in [0.1, 0.15) is 40.1 Å². The standard InChI is InChI=1S/C23H26N2O4/c1-5-25(14-16(2)3)21(26)15-29-23(28)19-11-6-7-12-20(19)24-22(27)18-10-8-9-17(4)13-18/h6-13H,2,5,14-15H2,1,3-4H3,(H,24,27). The predicted molar refractivity (Wildman–Crippen MR) is 113 cm³/mol. The summed E-state index contributed by atoms with van der Waals surface area (Å²) in [6.45, 7) is 9.90. The number of amides is 2. The first-order chi connectivity index (χ1) is 13.8. The van der Waals surface area contributed by atoms with Crippen molar-refractivity contribution in [3.8, 4) is 0 Å². The molecule has 0 aliphatic carbocycles. The summed E-state index contributed by atoms with van der Waals surface area (Å²) in [4.78, 5) is 38.8. The van der Waals surface area contributed by atoms with Gasteiger partial charge in [0.05, 0.1) is 11.3 Å². The van der Waals surface area contributed by atoms with Gasteiger partial charge in [0.15, 0.2) is 6.61 Å². The number of carbonyl (C=O) groups excluding carboxylic acids is 3. The van der Waals surface area contributed by atoms with E-state index in [-0.39, 0.29) is 24.0 Å². The average molecular weight is 394 g/mol. The maximum atomic E-state index is 12.5. The van der Waals surface area contributed by atoms with Gasteiger partial charge in [-0.15, -0.1) is 0 Å². The van der Waals surface area contributed by atoms with Crippen molar-refractivity contribution in [3.63, 3.8) is 0 Å². The Kier molecular flexibility index (Phi) is 7.71. The van der Waals surface area contributed by atoms with Gasteiger partial charge >= 0.3 is 5.97 Å². The molecule has 2 aromatic rings. The normalized spacial score (nSPS) is 10.2. The SMILES string of the molecule is C=C(C)CN(CC)C(=O)COC(=O)c1ccccc1NC(=O)c1cccc(C)c1. The largest absolute Gasteiger partial charge is 0.452 e. The van der Waals surface area contributed by atoms with Crippen molar-refractivity contribution >= 4 is 23.5 Å². The second-order valence-corrected chi connectivity index (χ2v) is 6.81. The number of para-hydroxylation sites is 1. The Bertz CT molecular complexity index is 921. The number of aryl methyl sites for hydroxylation is 1. The number of anilines is 1. The molecule has 152 valence electrons. The summed E-state index contributed by atoms with van der Waals surface area (Å²) in [5.41, 5.74) is 2.80. The van der Waals surface area contributed by atoms with Gasteiger partial charge < -0.3 is 15.0 Å². The lowest BCUT2D eigenvalue weighted by Gasteiger charge is -2.20. The van der Waals surface area contributed by atoms with Crippen LogP contribution in [0.25, 0.3) is 0 Å². The van der Waals surface area contributed by atoms with Crippen molar-refractivity contribution in [1.82, 2.24) is 4.90 Å². The van der Waals surface area contributed by atoms with E-state index >= 15 is 0 Å². The van der Waals surface area contributed by atoms with Gasteiger partial charge in [-0.1, -0.05) is 42.0 Å². The summed E-state index contributed by atoms with van der Waals surface area (Å²) in [6, 6.07) is 13.7. The predicted octanol–water partition coefficient (Wildman–Crippen LogP) is 3.83. The number of nitrogens with zero attached hydrogens (tertiary/aromatic N) is 1. The monoisotopic (exact) mass is 394 g/mol. The maximum Gasteiger partial charge on any atom is 0.340 e. The molecule has 0 saturated heterocycles. The van der Waals surface area contributed by atoms with Crippen LogP contribution in [0.15, 0.2) is 60.7 Å². The molecule has 0 heterocycles. The molecule has 0 unspecified atom stereocenters. The highest BCUT2D eigenvalue weighted by Gasteiger charge is 2.18. The third-order valence-electron chi connectivity index (χ3n) is 4.20. The van der Waals surface area contributed by atoms with E-state index in [0.717, 1.165) is 11.1 Å². The lowest BCUT2D eigenvalue weighted by molar-refractivity contribution is -0.133. The number of hydrogen-bond donors (Lipinski definition) is 1. The maximum absolute atomic E-state index is 12.5. The number of benzene rings is 2. The highest BCUT2D eigenvalue weighted by atomic mass is 16.5. The molecule has 29 heavy (non-hydrogen) atoms. The average Bonchev–Trinajstić information content (AvgIpc) is 2.70. The van der Waals surface area contributed by atoms with Crippen molar-refractivity contribution < 1.29 is 19.1 Å². The van der Waals surface area contributed by atoms with Crippen molar-refractivity contribution in [1.29, 1.82) is 0 Å². The first-order valence-electron chi connectivity index (χ1n) is 9.38. The number of ether oxygens (including phenoxy) is 1. The Hall–Kier alpha value is -3.41. The van der Waals surface area contributed by atoms with Crippen LogP contribution in [0.4, 0.5) is 5.69 Å². The molecular formula is C23H26N2O4. The first kappa shape index (κ1) is 21.9. The Labute approximate surface area is 171 Å². The van der Waals surface area contributed by atoms with Crippen molar-refractivity contribution in [2.45, 2.75) is 20.8 Å². The number of hydrogen-bond acceptors (Lipinski definition) is 4. The minimum atomic E-state index is -0.676. The number of nitrogens with one attached hydrogen (secondary N) is 1. The summed E-state index contributed by atoms with van der Waals surface area (Å²) in [6.07, 6.45) is 0. The molecule has 0 bridgehead atoms. The van der Waals surface area contributed by atoms with E-state index in [1.54, 1.807) is 47.4 Å². The van der Waals surface area contributed by atoms with Crippen LogP contribution >= 0.6 is 0 Å². The Morgan fingerprint density at radius 1 is 1.10 bits per heavy atom. The zero-order chi connectivity index (χ0) is 21.4. The fraction of sp³-hybridized carbons (Fsp3) is 0.261. The van der Waals surface area contributed by atoms with Gasteiger partial charge in [0.1, 0.15) is 0 Å². The van der Waals surface area contributed by atoms with E-state index in [9.17, 15) is 14.4 Å². The molecule has 2 amide bonds. The highest BCUT2D eigenvalue weighted by molar-refractivity contribution is 6.08. The second kappa shape index (κ2) is 10.2. The van der Waals surface area contributed by atoms with Crippen LogP contribution in [0.3, 0.4) is 0 Å². The zero-order valence-electron chi connectivity index (χ0n) is 17.0. The van der Waals surface area contributed by atoms with E-state index in [4.69, 9.17) is 4.74 Å². The van der Waals surface area contributed by atoms with Gasteiger partial charge in [-0.05, 0) is 45.0 Å². The van der Waals surface area contributed by atoms with Crippen molar-refractivity contribution in [3.05, 3.63) is 77.4 Å². The fourth-order valence-electron chi connectivity index (χ4n) is 2.75. The summed E-state index contributed by atoms with van der Waals surface area (Å²) in [5, 5.41) is 2.74. The van der Waals surface area contributed by atoms with Gasteiger partial charge in [0.2, 0.25) is 0 Å². The summed E-state index contributed by atoms with van der Waals surface area (Å²) < 4.78 is 5.19. The molecule has 2 aromatic carbocycles. The fourth-order valence-corrected chi connectivity index (χ4v) is 2.75. The van der Waals surface area contributed by atoms with Gasteiger partial charge in [-0.2, -0.15) is 0 Å². The highest BCUT2D eigenvalue weighted by Crippen LogP contribution is 2.18. The van der Waals surface area contributed by atoms with Gasteiger partial charge in [0, 0.05) is 18.7 Å². The Morgan fingerprint density at radius 3 is 2.48 bits per heavy atom. The molecular weight excluding hydrogens is 368 g/mol. The molecule has 6 heteroatoms. The lowest BCUT2D eigenvalue weighted by Crippen LogP contribution is -2.35. The zero-order valence-corrected chi connectivity index (χ0v) is 17.0. The van der Waals surface area contributed by atoms with E-state index in [2.05, 4.69) is 11.9 Å². The molecule has 0 radical (unpaired) electrons. The van der Waals surface area contributed by atoms with E-state index in [1.807, 2.05) is 26.8 Å². The molecule has 0 aromatic heterocycles. The molecule has 0 saturated carbocycles. The lowest BCUT2D eigenvalue weighted by atomic mass is 10.1. The van der Waals surface area contributed by atoms with Gasteiger partial charge in [-0.25, -0.2) is 4.79 Å². The molecule has 6 nitrogen and oxygen atoms in total. The van der Waals surface area contributed by atoms with E-state index in [1.165, 1.54) is 0 Å². The molecule has 0 aliphatic rings. The van der Waals surface area contributed by atoms with Crippen LogP contribution < -0.4 is 5.32 Å². The molecule has 0 spiro atoms. The molecule has 2 rings (SSSR count). The van der Waals surface area contributed by atoms with Gasteiger partial charge in [0.25, 0.3) is 11.8 Å². The second-order valence-electron chi connectivity index (χ2n) is 6.81. The summed E-state index contributed by atoms with van der Waals surface area (Å²) in [7, 11) is 0. The number of carbonyl (C=O) groups is 3. The first-order valence-corrected chi connectivity index (χ1v) is 9.38. The van der Waals surface area contributed by atoms with Crippen LogP contribution in [0.5, 0.6) is 0 Å². The molecule has 0 fully saturated rings. The van der Waals surface area contributed by atoms with E-state index in [0.29, 0.717) is 24.3 Å². The topological polar surface area (TPSA) is 75.7 Å². The quantitative estimate of drug-likeness (QED) is 0.545. The van der Waals surface area contributed by atoms with Crippen LogP contribution in [-0.2, 0) is 9.53 Å². The minimum absolute atomic E-state index is 0.184. The molecule has 0 atom stereocenters. The van der Waals surface area contributed by atoms with Crippen molar-refractivity contribution in [2.24, 2.45) is 0 Å². The third kappa shape index (κ3) is 6.31. The summed E-state index contributed by atoms with van der Waals surface area (Å²) in [5.74, 6) is -1.31. The van der Waals surface area contributed by atoms with E-state index < -0.39 is 5.97 Å². The Morgan fingerprint density at radius 2 is 1.83 bits per heavy atom. The van der Waals surface area contributed by atoms with Crippen LogP contribution in [0, 0.1) is 6.92 Å². The molecule has 1 N–H and O–H groups in total. The van der Waals surface area contributed by atoms with Gasteiger partial charge in [-0.3, -0.25) is 9.59 Å². The van der Waals surface area contributed by atoms with Crippen LogP contribution in [0.2, 0.25) is 0 Å². The third-order valence-corrected chi connectivity index (χ3v) is 4.20. The van der Waals surface area contributed by atoms with Crippen molar-refractivity contribution in [2.75, 3.05) is 25.0 Å². The molecule has 0 aliphatic heterocycles. The minimum Gasteiger partial charge on any atom is -0.452 e. The smallest absolute Gasteiger partial charge is 0.340 e. The number of likely N-dealkylation sites (N-methyl/N-ethyl adjacent to an activating group) is 1. The number of esters is 1. The summed E-state index contributed by atoms with van der Waals surface area (Å²) >= 11 is 0. The number of rotatable bonds is 8.